The van der Waals surface area contributed by atoms with Gasteiger partial charge in [-0.3, -0.25) is 4.79 Å². The van der Waals surface area contributed by atoms with E-state index in [0.717, 1.165) is 24.8 Å². The molecule has 1 amide bonds. The topological polar surface area (TPSA) is 88.6 Å². The van der Waals surface area contributed by atoms with Crippen LogP contribution in [-0.2, 0) is 10.0 Å². The summed E-state index contributed by atoms with van der Waals surface area (Å²) in [5.74, 6) is 0.179. The molecule has 1 aliphatic rings. The molecule has 1 fully saturated rings. The van der Waals surface area contributed by atoms with Crippen molar-refractivity contribution in [1.82, 2.24) is 9.29 Å². The summed E-state index contributed by atoms with van der Waals surface area (Å²) >= 11 is 0. The van der Waals surface area contributed by atoms with Gasteiger partial charge in [-0.15, -0.1) is 0 Å². The SMILES string of the molecule is C=Cc1cnc(NC(=O)c2cccc(S(=O)(=O)N3CCCCC3)c2)c(OC)c1. The largest absolute Gasteiger partial charge is 0.493 e. The molecule has 148 valence electrons. The lowest BCUT2D eigenvalue weighted by Crippen LogP contribution is -2.35. The van der Waals surface area contributed by atoms with Crippen LogP contribution in [0.5, 0.6) is 5.75 Å². The molecular weight excluding hydrogens is 378 g/mol. The van der Waals surface area contributed by atoms with E-state index in [2.05, 4.69) is 16.9 Å². The van der Waals surface area contributed by atoms with Crippen LogP contribution in [0, 0.1) is 0 Å². The van der Waals surface area contributed by atoms with E-state index in [1.807, 2.05) is 0 Å². The molecule has 2 heterocycles. The van der Waals surface area contributed by atoms with Crippen molar-refractivity contribution in [3.63, 3.8) is 0 Å². The van der Waals surface area contributed by atoms with Gasteiger partial charge >= 0.3 is 0 Å². The van der Waals surface area contributed by atoms with Crippen LogP contribution in [0.1, 0.15) is 35.2 Å². The van der Waals surface area contributed by atoms with Crippen molar-refractivity contribution in [2.24, 2.45) is 0 Å². The highest BCUT2D eigenvalue weighted by atomic mass is 32.2. The van der Waals surface area contributed by atoms with Gasteiger partial charge in [-0.2, -0.15) is 4.31 Å². The smallest absolute Gasteiger partial charge is 0.256 e. The molecule has 3 rings (SSSR count). The van der Waals surface area contributed by atoms with E-state index in [-0.39, 0.29) is 16.3 Å². The van der Waals surface area contributed by atoms with Gasteiger partial charge in [0.05, 0.1) is 12.0 Å². The van der Waals surface area contributed by atoms with Crippen LogP contribution in [0.4, 0.5) is 5.82 Å². The molecule has 0 saturated carbocycles. The van der Waals surface area contributed by atoms with Gasteiger partial charge in [-0.25, -0.2) is 13.4 Å². The Balaban J connectivity index is 1.84. The molecule has 0 spiro atoms. The van der Waals surface area contributed by atoms with E-state index in [9.17, 15) is 13.2 Å². The molecule has 0 radical (unpaired) electrons. The summed E-state index contributed by atoms with van der Waals surface area (Å²) in [6.07, 6.45) is 5.92. The number of hydrogen-bond donors (Lipinski definition) is 1. The first-order valence-electron chi connectivity index (χ1n) is 9.04. The highest BCUT2D eigenvalue weighted by Crippen LogP contribution is 2.25. The number of hydrogen-bond acceptors (Lipinski definition) is 5. The molecule has 2 aromatic rings. The zero-order valence-electron chi connectivity index (χ0n) is 15.7. The van der Waals surface area contributed by atoms with E-state index in [4.69, 9.17) is 4.74 Å². The number of benzene rings is 1. The fraction of sp³-hybridized carbons (Fsp3) is 0.300. The predicted molar refractivity (Wildman–Crippen MR) is 108 cm³/mol. The maximum Gasteiger partial charge on any atom is 0.256 e. The molecule has 1 aromatic heterocycles. The number of methoxy groups -OCH3 is 1. The Bertz CT molecular complexity index is 983. The van der Waals surface area contributed by atoms with Gasteiger partial charge in [-0.1, -0.05) is 25.1 Å². The highest BCUT2D eigenvalue weighted by Gasteiger charge is 2.26. The quantitative estimate of drug-likeness (QED) is 0.803. The van der Waals surface area contributed by atoms with Gasteiger partial charge in [0.25, 0.3) is 5.91 Å². The molecule has 0 unspecified atom stereocenters. The van der Waals surface area contributed by atoms with Crippen LogP contribution in [0.3, 0.4) is 0 Å². The number of nitrogens with one attached hydrogen (secondary N) is 1. The van der Waals surface area contributed by atoms with Gasteiger partial charge in [0.2, 0.25) is 10.0 Å². The molecule has 0 bridgehead atoms. The van der Waals surface area contributed by atoms with Gasteiger partial charge in [0.15, 0.2) is 11.6 Å². The number of sulfonamides is 1. The molecule has 1 N–H and O–H groups in total. The van der Waals surface area contributed by atoms with E-state index in [1.165, 1.54) is 23.5 Å². The number of pyridine rings is 1. The summed E-state index contributed by atoms with van der Waals surface area (Å²) in [6, 6.07) is 7.74. The summed E-state index contributed by atoms with van der Waals surface area (Å²) in [6.45, 7) is 4.69. The van der Waals surface area contributed by atoms with Crippen LogP contribution in [-0.4, -0.2) is 43.8 Å². The van der Waals surface area contributed by atoms with Crippen molar-refractivity contribution >= 4 is 27.8 Å². The van der Waals surface area contributed by atoms with Gasteiger partial charge in [0, 0.05) is 24.8 Å². The summed E-state index contributed by atoms with van der Waals surface area (Å²) in [5, 5.41) is 2.67. The predicted octanol–water partition coefficient (Wildman–Crippen LogP) is 3.16. The first-order valence-corrected chi connectivity index (χ1v) is 10.5. The zero-order valence-corrected chi connectivity index (χ0v) is 16.5. The average Bonchev–Trinajstić information content (AvgIpc) is 2.74. The summed E-state index contributed by atoms with van der Waals surface area (Å²) in [4.78, 5) is 16.9. The molecule has 1 aromatic carbocycles. The number of ether oxygens (including phenoxy) is 1. The average molecular weight is 401 g/mol. The highest BCUT2D eigenvalue weighted by molar-refractivity contribution is 7.89. The van der Waals surface area contributed by atoms with Gasteiger partial charge in [-0.05, 0) is 42.7 Å². The third-order valence-corrected chi connectivity index (χ3v) is 6.51. The number of rotatable bonds is 6. The maximum absolute atomic E-state index is 12.8. The number of carbonyl (C=O) groups is 1. The van der Waals surface area contributed by atoms with Crippen molar-refractivity contribution in [1.29, 1.82) is 0 Å². The second-order valence-electron chi connectivity index (χ2n) is 6.47. The molecule has 28 heavy (non-hydrogen) atoms. The summed E-state index contributed by atoms with van der Waals surface area (Å²) < 4.78 is 32.4. The normalized spacial score (nSPS) is 15.0. The van der Waals surface area contributed by atoms with Gasteiger partial charge < -0.3 is 10.1 Å². The Hall–Kier alpha value is -2.71. The lowest BCUT2D eigenvalue weighted by atomic mass is 10.2. The first kappa shape index (κ1) is 20.0. The fourth-order valence-corrected chi connectivity index (χ4v) is 4.62. The van der Waals surface area contributed by atoms with Crippen LogP contribution in [0.2, 0.25) is 0 Å². The number of amides is 1. The van der Waals surface area contributed by atoms with Crippen LogP contribution in [0.25, 0.3) is 6.08 Å². The van der Waals surface area contributed by atoms with Crippen LogP contribution >= 0.6 is 0 Å². The van der Waals surface area contributed by atoms with Crippen molar-refractivity contribution in [2.45, 2.75) is 24.2 Å². The molecular formula is C20H23N3O4S. The monoisotopic (exact) mass is 401 g/mol. The molecule has 7 nitrogen and oxygen atoms in total. The third-order valence-electron chi connectivity index (χ3n) is 4.61. The molecule has 8 heteroatoms. The first-order chi connectivity index (χ1) is 13.5. The fourth-order valence-electron chi connectivity index (χ4n) is 3.05. The number of aromatic nitrogens is 1. The summed E-state index contributed by atoms with van der Waals surface area (Å²) in [5.41, 5.74) is 0.985. The number of nitrogens with zero attached hydrogens (tertiary/aromatic N) is 2. The molecule has 0 atom stereocenters. The minimum Gasteiger partial charge on any atom is -0.493 e. The Morgan fingerprint density at radius 1 is 1.25 bits per heavy atom. The van der Waals surface area contributed by atoms with Crippen molar-refractivity contribution in [3.8, 4) is 5.75 Å². The van der Waals surface area contributed by atoms with E-state index < -0.39 is 15.9 Å². The van der Waals surface area contributed by atoms with Crippen LogP contribution < -0.4 is 10.1 Å². The second-order valence-corrected chi connectivity index (χ2v) is 8.41. The number of anilines is 1. The van der Waals surface area contributed by atoms with E-state index in [0.29, 0.717) is 18.8 Å². The lowest BCUT2D eigenvalue weighted by Gasteiger charge is -2.26. The van der Waals surface area contributed by atoms with Crippen LogP contribution in [0.15, 0.2) is 48.0 Å². The Morgan fingerprint density at radius 3 is 2.68 bits per heavy atom. The van der Waals surface area contributed by atoms with E-state index >= 15 is 0 Å². The van der Waals surface area contributed by atoms with E-state index in [1.54, 1.807) is 30.5 Å². The zero-order chi connectivity index (χ0) is 20.1. The minimum absolute atomic E-state index is 0.115. The molecule has 0 aliphatic carbocycles. The number of piperidine rings is 1. The van der Waals surface area contributed by atoms with Crippen molar-refractivity contribution in [3.05, 3.63) is 54.2 Å². The Morgan fingerprint density at radius 2 is 2.00 bits per heavy atom. The lowest BCUT2D eigenvalue weighted by molar-refractivity contribution is 0.102. The van der Waals surface area contributed by atoms with Crippen molar-refractivity contribution < 1.29 is 17.9 Å². The summed E-state index contributed by atoms with van der Waals surface area (Å²) in [7, 11) is -2.13. The maximum atomic E-state index is 12.8. The minimum atomic E-state index is -3.61. The van der Waals surface area contributed by atoms with Crippen molar-refractivity contribution in [2.75, 3.05) is 25.5 Å². The third kappa shape index (κ3) is 4.23. The standard InChI is InChI=1S/C20H23N3O4S/c1-3-15-12-18(27-2)19(21-14-15)22-20(24)16-8-7-9-17(13-16)28(25,26)23-10-5-4-6-11-23/h3,7-9,12-14H,1,4-6,10-11H2,2H3,(H,21,22,24). The molecule has 1 aliphatic heterocycles. The van der Waals surface area contributed by atoms with Gasteiger partial charge in [0.1, 0.15) is 0 Å². The Labute approximate surface area is 165 Å². The second kappa shape index (κ2) is 8.53. The molecule has 1 saturated heterocycles. The Kier molecular flexibility index (Phi) is 6.11. The number of carbonyl (C=O) groups excluding carboxylic acids is 1.